The molecule has 1 amide bonds. The Bertz CT molecular complexity index is 894. The molecule has 9 nitrogen and oxygen atoms in total. The first-order valence-electron chi connectivity index (χ1n) is 9.64. The Labute approximate surface area is 169 Å². The number of rotatable bonds is 5. The van der Waals surface area contributed by atoms with Crippen molar-refractivity contribution in [2.75, 3.05) is 18.4 Å². The summed E-state index contributed by atoms with van der Waals surface area (Å²) in [5, 5.41) is 14.4. The molecular formula is C20H25N5O4. The van der Waals surface area contributed by atoms with Gasteiger partial charge in [-0.1, -0.05) is 12.1 Å². The fourth-order valence-corrected chi connectivity index (χ4v) is 3.22. The highest BCUT2D eigenvalue weighted by atomic mass is 16.6. The van der Waals surface area contributed by atoms with Crippen LogP contribution in [0.5, 0.6) is 0 Å². The number of piperidine rings is 1. The molecule has 0 unspecified atom stereocenters. The Morgan fingerprint density at radius 1 is 1.28 bits per heavy atom. The fourth-order valence-electron chi connectivity index (χ4n) is 3.22. The van der Waals surface area contributed by atoms with Crippen LogP contribution >= 0.6 is 0 Å². The lowest BCUT2D eigenvalue weighted by molar-refractivity contribution is -0.384. The number of nitrogens with zero attached hydrogens (tertiary/aromatic N) is 4. The molecule has 1 saturated heterocycles. The van der Waals surface area contributed by atoms with E-state index in [-0.39, 0.29) is 23.9 Å². The number of benzene rings is 1. The van der Waals surface area contributed by atoms with Gasteiger partial charge in [-0.25, -0.2) is 14.8 Å². The Morgan fingerprint density at radius 2 is 2.00 bits per heavy atom. The zero-order valence-corrected chi connectivity index (χ0v) is 16.8. The van der Waals surface area contributed by atoms with E-state index in [1.54, 1.807) is 17.0 Å². The molecule has 1 aromatic carbocycles. The predicted molar refractivity (Wildman–Crippen MR) is 109 cm³/mol. The molecule has 0 spiro atoms. The number of hydrogen-bond donors (Lipinski definition) is 1. The minimum Gasteiger partial charge on any atom is -0.447 e. The SMILES string of the molecule is Cc1cc(NC2CCN(C(=O)OC(C)C)CC2)nc(-c2cccc([N+](=O)[O-])c2)n1. The Kier molecular flexibility index (Phi) is 6.26. The van der Waals surface area contributed by atoms with Crippen molar-refractivity contribution in [1.29, 1.82) is 0 Å². The van der Waals surface area contributed by atoms with Gasteiger partial charge in [-0.3, -0.25) is 10.1 Å². The third kappa shape index (κ3) is 5.40. The molecule has 0 aliphatic carbocycles. The average Bonchev–Trinajstić information content (AvgIpc) is 2.67. The molecule has 2 heterocycles. The van der Waals surface area contributed by atoms with E-state index in [1.807, 2.05) is 26.8 Å². The molecule has 0 radical (unpaired) electrons. The zero-order chi connectivity index (χ0) is 21.0. The number of amides is 1. The van der Waals surface area contributed by atoms with Crippen LogP contribution in [0.15, 0.2) is 30.3 Å². The summed E-state index contributed by atoms with van der Waals surface area (Å²) in [7, 11) is 0. The average molecular weight is 399 g/mol. The number of carbonyl (C=O) groups excluding carboxylic acids is 1. The zero-order valence-electron chi connectivity index (χ0n) is 16.8. The van der Waals surface area contributed by atoms with E-state index in [1.165, 1.54) is 12.1 Å². The van der Waals surface area contributed by atoms with Gasteiger partial charge in [0.25, 0.3) is 5.69 Å². The number of non-ortho nitro benzene ring substituents is 1. The van der Waals surface area contributed by atoms with Crippen molar-refractivity contribution in [3.8, 4) is 11.4 Å². The van der Waals surface area contributed by atoms with E-state index >= 15 is 0 Å². The summed E-state index contributed by atoms with van der Waals surface area (Å²) >= 11 is 0. The summed E-state index contributed by atoms with van der Waals surface area (Å²) in [6.45, 7) is 6.76. The largest absolute Gasteiger partial charge is 0.447 e. The van der Waals surface area contributed by atoms with Gasteiger partial charge in [0.2, 0.25) is 0 Å². The number of nitro benzene ring substituents is 1. The third-order valence-electron chi connectivity index (χ3n) is 4.61. The van der Waals surface area contributed by atoms with Gasteiger partial charge in [-0.2, -0.15) is 0 Å². The van der Waals surface area contributed by atoms with Crippen molar-refractivity contribution in [3.05, 3.63) is 46.1 Å². The monoisotopic (exact) mass is 399 g/mol. The van der Waals surface area contributed by atoms with Crippen LogP contribution in [-0.2, 0) is 4.74 Å². The van der Waals surface area contributed by atoms with Crippen LogP contribution in [-0.4, -0.2) is 51.1 Å². The minimum atomic E-state index is -0.434. The van der Waals surface area contributed by atoms with Gasteiger partial charge < -0.3 is 15.0 Å². The van der Waals surface area contributed by atoms with Crippen molar-refractivity contribution in [2.45, 2.75) is 45.8 Å². The number of aryl methyl sites for hydroxylation is 1. The highest BCUT2D eigenvalue weighted by molar-refractivity contribution is 5.68. The van der Waals surface area contributed by atoms with Gasteiger partial charge >= 0.3 is 6.09 Å². The molecule has 1 aromatic heterocycles. The van der Waals surface area contributed by atoms with Crippen LogP contribution < -0.4 is 5.32 Å². The predicted octanol–water partition coefficient (Wildman–Crippen LogP) is 3.78. The summed E-state index contributed by atoms with van der Waals surface area (Å²) < 4.78 is 5.25. The second-order valence-corrected chi connectivity index (χ2v) is 7.36. The van der Waals surface area contributed by atoms with Crippen molar-refractivity contribution < 1.29 is 14.5 Å². The molecule has 2 aromatic rings. The number of hydrogen-bond acceptors (Lipinski definition) is 7. The highest BCUT2D eigenvalue weighted by Gasteiger charge is 2.24. The molecule has 29 heavy (non-hydrogen) atoms. The first kappa shape index (κ1) is 20.5. The van der Waals surface area contributed by atoms with Crippen LogP contribution in [0.2, 0.25) is 0 Å². The van der Waals surface area contributed by atoms with Gasteiger partial charge in [-0.15, -0.1) is 0 Å². The molecule has 0 atom stereocenters. The molecule has 0 bridgehead atoms. The number of carbonyl (C=O) groups is 1. The maximum Gasteiger partial charge on any atom is 0.410 e. The maximum atomic E-state index is 12.0. The third-order valence-corrected chi connectivity index (χ3v) is 4.61. The van der Waals surface area contributed by atoms with Crippen molar-refractivity contribution in [2.24, 2.45) is 0 Å². The summed E-state index contributed by atoms with van der Waals surface area (Å²) in [4.78, 5) is 33.3. The molecule has 1 aliphatic rings. The van der Waals surface area contributed by atoms with Gasteiger partial charge in [0.1, 0.15) is 5.82 Å². The van der Waals surface area contributed by atoms with Crippen molar-refractivity contribution in [3.63, 3.8) is 0 Å². The topological polar surface area (TPSA) is 110 Å². The van der Waals surface area contributed by atoms with Crippen LogP contribution in [0.4, 0.5) is 16.3 Å². The van der Waals surface area contributed by atoms with E-state index in [0.29, 0.717) is 30.3 Å². The summed E-state index contributed by atoms with van der Waals surface area (Å²) in [6, 6.07) is 8.31. The molecule has 1 N–H and O–H groups in total. The van der Waals surface area contributed by atoms with Crippen molar-refractivity contribution in [1.82, 2.24) is 14.9 Å². The van der Waals surface area contributed by atoms with E-state index in [2.05, 4.69) is 15.3 Å². The number of anilines is 1. The number of aromatic nitrogens is 2. The first-order chi connectivity index (χ1) is 13.8. The van der Waals surface area contributed by atoms with Crippen LogP contribution in [0.25, 0.3) is 11.4 Å². The minimum absolute atomic E-state index is 0.00257. The number of likely N-dealkylation sites (tertiary alicyclic amines) is 1. The molecule has 3 rings (SSSR count). The van der Waals surface area contributed by atoms with E-state index in [4.69, 9.17) is 4.74 Å². The molecule has 154 valence electrons. The fraction of sp³-hybridized carbons (Fsp3) is 0.450. The summed E-state index contributed by atoms with van der Waals surface area (Å²) in [5.41, 5.74) is 1.36. The van der Waals surface area contributed by atoms with Gasteiger partial charge in [0.15, 0.2) is 5.82 Å². The van der Waals surface area contributed by atoms with E-state index in [0.717, 1.165) is 18.5 Å². The molecule has 1 fully saturated rings. The van der Waals surface area contributed by atoms with Gasteiger partial charge in [-0.05, 0) is 33.6 Å². The molecule has 1 aliphatic heterocycles. The van der Waals surface area contributed by atoms with Gasteiger partial charge in [0, 0.05) is 48.6 Å². The molecule has 9 heteroatoms. The van der Waals surface area contributed by atoms with E-state index < -0.39 is 4.92 Å². The Balaban J connectivity index is 1.68. The maximum absolute atomic E-state index is 12.0. The number of nitrogens with one attached hydrogen (secondary N) is 1. The quantitative estimate of drug-likeness (QED) is 0.601. The summed E-state index contributed by atoms with van der Waals surface area (Å²) in [5.74, 6) is 1.11. The van der Waals surface area contributed by atoms with E-state index in [9.17, 15) is 14.9 Å². The summed E-state index contributed by atoms with van der Waals surface area (Å²) in [6.07, 6.45) is 1.16. The van der Waals surface area contributed by atoms with Crippen LogP contribution in [0.3, 0.4) is 0 Å². The highest BCUT2D eigenvalue weighted by Crippen LogP contribution is 2.24. The lowest BCUT2D eigenvalue weighted by atomic mass is 10.1. The Hall–Kier alpha value is -3.23. The number of ether oxygens (including phenoxy) is 1. The van der Waals surface area contributed by atoms with Crippen LogP contribution in [0, 0.1) is 17.0 Å². The number of nitro groups is 1. The van der Waals surface area contributed by atoms with Crippen LogP contribution in [0.1, 0.15) is 32.4 Å². The van der Waals surface area contributed by atoms with Crippen molar-refractivity contribution >= 4 is 17.6 Å². The smallest absolute Gasteiger partial charge is 0.410 e. The van der Waals surface area contributed by atoms with Gasteiger partial charge in [0.05, 0.1) is 11.0 Å². The molecular weight excluding hydrogens is 374 g/mol. The standard InChI is InChI=1S/C20H25N5O4/c1-13(2)29-20(26)24-9-7-16(8-10-24)22-18-11-14(3)21-19(23-18)15-5-4-6-17(12-15)25(27)28/h4-6,11-13,16H,7-10H2,1-3H3,(H,21,22,23). The second kappa shape index (κ2) is 8.85. The second-order valence-electron chi connectivity index (χ2n) is 7.36. The molecule has 0 saturated carbocycles. The lowest BCUT2D eigenvalue weighted by Crippen LogP contribution is -2.43. The Morgan fingerprint density at radius 3 is 2.66 bits per heavy atom. The first-order valence-corrected chi connectivity index (χ1v) is 9.64. The normalized spacial score (nSPS) is 14.7. The lowest BCUT2D eigenvalue weighted by Gasteiger charge is -2.32.